The molecule has 2 atom stereocenters. The quantitative estimate of drug-likeness (QED) is 0.772. The first-order valence-corrected chi connectivity index (χ1v) is 7.49. The highest BCUT2D eigenvalue weighted by Gasteiger charge is 2.34. The van der Waals surface area contributed by atoms with Gasteiger partial charge in [0.05, 0.1) is 0 Å². The summed E-state index contributed by atoms with van der Waals surface area (Å²) in [5, 5.41) is 4.50. The van der Waals surface area contributed by atoms with Crippen LogP contribution in [-0.4, -0.2) is 23.6 Å². The Morgan fingerprint density at radius 1 is 1.33 bits per heavy atom. The van der Waals surface area contributed by atoms with Crippen LogP contribution in [0, 0.1) is 5.41 Å². The van der Waals surface area contributed by atoms with E-state index in [1.54, 1.807) is 0 Å². The lowest BCUT2D eigenvalue weighted by Crippen LogP contribution is -2.44. The minimum Gasteiger partial charge on any atom is -0.313 e. The number of hydrogen-bond donors (Lipinski definition) is 1. The summed E-state index contributed by atoms with van der Waals surface area (Å²) in [5.41, 5.74) is 0.567. The molecule has 1 saturated carbocycles. The molecule has 0 aromatic heterocycles. The van der Waals surface area contributed by atoms with Gasteiger partial charge in [0.15, 0.2) is 0 Å². The Hall–Kier alpha value is 0.310. The van der Waals surface area contributed by atoms with Gasteiger partial charge in [0.25, 0.3) is 0 Å². The fourth-order valence-corrected chi connectivity index (χ4v) is 4.03. The minimum absolute atomic E-state index is 0.567. The molecule has 1 aliphatic rings. The van der Waals surface area contributed by atoms with Crippen LogP contribution < -0.4 is 5.32 Å². The molecule has 0 aromatic carbocycles. The predicted octanol–water partition coefficient (Wildman–Crippen LogP) is 3.69. The molecule has 2 unspecified atom stereocenters. The molecule has 2 heteroatoms. The lowest BCUT2D eigenvalue weighted by Gasteiger charge is -2.40. The van der Waals surface area contributed by atoms with Crippen molar-refractivity contribution in [3.8, 4) is 0 Å². The Labute approximate surface area is 99.8 Å². The van der Waals surface area contributed by atoms with Gasteiger partial charge in [-0.15, -0.1) is 0 Å². The molecule has 1 nitrogen and oxygen atoms in total. The summed E-state index contributed by atoms with van der Waals surface area (Å²) in [4.78, 5) is 0. The van der Waals surface area contributed by atoms with Crippen LogP contribution in [0.5, 0.6) is 0 Å². The van der Waals surface area contributed by atoms with E-state index < -0.39 is 0 Å². The van der Waals surface area contributed by atoms with Gasteiger partial charge in [0, 0.05) is 11.3 Å². The van der Waals surface area contributed by atoms with Crippen LogP contribution in [0.1, 0.15) is 53.4 Å². The fraction of sp³-hybridized carbons (Fsp3) is 1.00. The van der Waals surface area contributed by atoms with Crippen LogP contribution in [0.4, 0.5) is 0 Å². The van der Waals surface area contributed by atoms with Crippen molar-refractivity contribution in [2.24, 2.45) is 5.41 Å². The van der Waals surface area contributed by atoms with Gasteiger partial charge in [-0.3, -0.25) is 0 Å². The first kappa shape index (κ1) is 13.4. The van der Waals surface area contributed by atoms with Crippen LogP contribution >= 0.6 is 11.8 Å². The van der Waals surface area contributed by atoms with Crippen molar-refractivity contribution < 1.29 is 0 Å². The average molecular weight is 229 g/mol. The Morgan fingerprint density at radius 2 is 2.07 bits per heavy atom. The number of hydrogen-bond acceptors (Lipinski definition) is 2. The topological polar surface area (TPSA) is 12.0 Å². The summed E-state index contributed by atoms with van der Waals surface area (Å²) >= 11 is 2.19. The molecule has 90 valence electrons. The molecular formula is C13H27NS. The average Bonchev–Trinajstić information content (AvgIpc) is 2.18. The van der Waals surface area contributed by atoms with E-state index in [1.165, 1.54) is 31.4 Å². The SMILES string of the molecule is CCCSC1CC(C)(C)CCC1NCC. The van der Waals surface area contributed by atoms with Crippen LogP contribution in [0.3, 0.4) is 0 Å². The molecule has 1 N–H and O–H groups in total. The Kier molecular flexibility index (Phi) is 5.48. The molecule has 15 heavy (non-hydrogen) atoms. The molecule has 0 aromatic rings. The van der Waals surface area contributed by atoms with Crippen molar-refractivity contribution in [1.82, 2.24) is 5.32 Å². The fourth-order valence-electron chi connectivity index (χ4n) is 2.46. The number of nitrogens with one attached hydrogen (secondary N) is 1. The molecule has 0 radical (unpaired) electrons. The zero-order valence-corrected chi connectivity index (χ0v) is 11.6. The second-order valence-corrected chi connectivity index (χ2v) is 6.83. The maximum Gasteiger partial charge on any atom is 0.0206 e. The van der Waals surface area contributed by atoms with Crippen LogP contribution in [0.2, 0.25) is 0 Å². The number of rotatable bonds is 5. The lowest BCUT2D eigenvalue weighted by atomic mass is 9.75. The van der Waals surface area contributed by atoms with Gasteiger partial charge >= 0.3 is 0 Å². The van der Waals surface area contributed by atoms with Crippen LogP contribution in [-0.2, 0) is 0 Å². The van der Waals surface area contributed by atoms with Crippen molar-refractivity contribution in [1.29, 1.82) is 0 Å². The van der Waals surface area contributed by atoms with E-state index in [1.807, 2.05) is 0 Å². The predicted molar refractivity (Wildman–Crippen MR) is 71.6 cm³/mol. The third-order valence-electron chi connectivity index (χ3n) is 3.34. The monoisotopic (exact) mass is 229 g/mol. The summed E-state index contributed by atoms with van der Waals surface area (Å²) < 4.78 is 0. The summed E-state index contributed by atoms with van der Waals surface area (Å²) in [7, 11) is 0. The summed E-state index contributed by atoms with van der Waals surface area (Å²) in [6.07, 6.45) is 5.44. The Bertz CT molecular complexity index is 179. The van der Waals surface area contributed by atoms with E-state index in [4.69, 9.17) is 0 Å². The standard InChI is InChI=1S/C13H27NS/c1-5-9-15-12-10-13(3,4)8-7-11(12)14-6-2/h11-12,14H,5-10H2,1-4H3. The largest absolute Gasteiger partial charge is 0.313 e. The summed E-state index contributed by atoms with van der Waals surface area (Å²) in [6.45, 7) is 10.5. The third-order valence-corrected chi connectivity index (χ3v) is 4.90. The molecule has 1 fully saturated rings. The highest BCUT2D eigenvalue weighted by atomic mass is 32.2. The van der Waals surface area contributed by atoms with Gasteiger partial charge in [0.2, 0.25) is 0 Å². The van der Waals surface area contributed by atoms with Crippen LogP contribution in [0.25, 0.3) is 0 Å². The van der Waals surface area contributed by atoms with E-state index in [0.29, 0.717) is 5.41 Å². The molecule has 1 aliphatic carbocycles. The second-order valence-electron chi connectivity index (χ2n) is 5.48. The molecule has 0 amide bonds. The van der Waals surface area contributed by atoms with Gasteiger partial charge < -0.3 is 5.32 Å². The molecule has 0 spiro atoms. The smallest absolute Gasteiger partial charge is 0.0206 e. The zero-order valence-electron chi connectivity index (χ0n) is 10.8. The molecular weight excluding hydrogens is 202 g/mol. The zero-order chi connectivity index (χ0) is 11.3. The minimum atomic E-state index is 0.567. The van der Waals surface area contributed by atoms with Gasteiger partial charge in [-0.1, -0.05) is 27.7 Å². The van der Waals surface area contributed by atoms with E-state index in [2.05, 4.69) is 44.8 Å². The van der Waals surface area contributed by atoms with Crippen molar-refractivity contribution in [2.45, 2.75) is 64.7 Å². The van der Waals surface area contributed by atoms with E-state index in [9.17, 15) is 0 Å². The molecule has 0 aliphatic heterocycles. The van der Waals surface area contributed by atoms with Crippen molar-refractivity contribution >= 4 is 11.8 Å². The van der Waals surface area contributed by atoms with Crippen LogP contribution in [0.15, 0.2) is 0 Å². The van der Waals surface area contributed by atoms with E-state index in [0.717, 1.165) is 17.8 Å². The van der Waals surface area contributed by atoms with Gasteiger partial charge in [0.1, 0.15) is 0 Å². The van der Waals surface area contributed by atoms with Crippen molar-refractivity contribution in [2.75, 3.05) is 12.3 Å². The Balaban J connectivity index is 2.48. The highest BCUT2D eigenvalue weighted by molar-refractivity contribution is 7.99. The van der Waals surface area contributed by atoms with E-state index in [-0.39, 0.29) is 0 Å². The maximum atomic E-state index is 3.66. The molecule has 1 rings (SSSR count). The van der Waals surface area contributed by atoms with Gasteiger partial charge in [-0.05, 0) is 43.4 Å². The van der Waals surface area contributed by atoms with Crippen molar-refractivity contribution in [3.05, 3.63) is 0 Å². The first-order chi connectivity index (χ1) is 7.09. The van der Waals surface area contributed by atoms with Gasteiger partial charge in [-0.25, -0.2) is 0 Å². The molecule has 0 bridgehead atoms. The Morgan fingerprint density at radius 3 is 2.67 bits per heavy atom. The third kappa shape index (κ3) is 4.36. The molecule has 0 heterocycles. The molecule has 0 saturated heterocycles. The number of thioether (sulfide) groups is 1. The van der Waals surface area contributed by atoms with Gasteiger partial charge in [-0.2, -0.15) is 11.8 Å². The maximum absolute atomic E-state index is 3.66. The highest BCUT2D eigenvalue weighted by Crippen LogP contribution is 2.40. The van der Waals surface area contributed by atoms with E-state index >= 15 is 0 Å². The lowest BCUT2D eigenvalue weighted by molar-refractivity contribution is 0.215. The first-order valence-electron chi connectivity index (χ1n) is 6.44. The normalized spacial score (nSPS) is 30.4. The van der Waals surface area contributed by atoms with Crippen molar-refractivity contribution in [3.63, 3.8) is 0 Å². The summed E-state index contributed by atoms with van der Waals surface area (Å²) in [6, 6.07) is 0.763. The second kappa shape index (κ2) is 6.15. The summed E-state index contributed by atoms with van der Waals surface area (Å²) in [5.74, 6) is 1.32.